The molecule has 10 rings (SSSR count). The Morgan fingerprint density at radius 2 is 0.817 bits per heavy atom. The van der Waals surface area contributed by atoms with Crippen molar-refractivity contribution in [2.75, 3.05) is 13.2 Å². The Kier molecular flexibility index (Phi) is 9.45. The first kappa shape index (κ1) is 36.9. The van der Waals surface area contributed by atoms with Crippen LogP contribution < -0.4 is 9.47 Å². The van der Waals surface area contributed by atoms with Gasteiger partial charge in [-0.25, -0.2) is 0 Å². The number of hydrogen-bond donors (Lipinski definition) is 2. The molecular weight excluding hydrogens is 741 g/mol. The SMILES string of the molecule is CCc1cc(-c2ccccc2OCCCOc2ccccc2-c2cc(C)cc(-n3c4ccccc4c4ccccc43)c2O)c(O)c(-n2c3ccccc3c3ccccc32)c1. The third-order valence-corrected chi connectivity index (χ3v) is 11.6. The van der Waals surface area contributed by atoms with Crippen molar-refractivity contribution in [3.05, 3.63) is 181 Å². The van der Waals surface area contributed by atoms with Crippen LogP contribution in [-0.2, 0) is 6.42 Å². The van der Waals surface area contributed by atoms with Crippen molar-refractivity contribution in [3.63, 3.8) is 0 Å². The number of phenolic OH excluding ortho intramolecular Hbond substituents is 2. The van der Waals surface area contributed by atoms with Crippen LogP contribution in [0.5, 0.6) is 23.0 Å². The molecule has 2 aromatic heterocycles. The van der Waals surface area contributed by atoms with Gasteiger partial charge in [-0.05, 0) is 85.1 Å². The molecule has 0 aliphatic heterocycles. The van der Waals surface area contributed by atoms with E-state index in [2.05, 4.69) is 108 Å². The molecule has 0 atom stereocenters. The van der Waals surface area contributed by atoms with Crippen molar-refractivity contribution in [1.82, 2.24) is 9.13 Å². The molecule has 0 fully saturated rings. The Balaban J connectivity index is 0.911. The first-order valence-corrected chi connectivity index (χ1v) is 20.6. The maximum atomic E-state index is 12.1. The van der Waals surface area contributed by atoms with Gasteiger partial charge in [0.05, 0.1) is 46.7 Å². The second kappa shape index (κ2) is 15.4. The highest BCUT2D eigenvalue weighted by Gasteiger charge is 2.22. The van der Waals surface area contributed by atoms with Gasteiger partial charge in [0.2, 0.25) is 0 Å². The van der Waals surface area contributed by atoms with Gasteiger partial charge in [0, 0.05) is 50.2 Å². The van der Waals surface area contributed by atoms with E-state index in [1.165, 1.54) is 0 Å². The summed E-state index contributed by atoms with van der Waals surface area (Å²) in [7, 11) is 0. The summed E-state index contributed by atoms with van der Waals surface area (Å²) in [4.78, 5) is 0. The number of ether oxygens (including phenoxy) is 2. The Bertz CT molecular complexity index is 3120. The summed E-state index contributed by atoms with van der Waals surface area (Å²) in [5.41, 5.74) is 10.8. The van der Waals surface area contributed by atoms with Crippen LogP contribution in [0.15, 0.2) is 170 Å². The van der Waals surface area contributed by atoms with Gasteiger partial charge in [-0.1, -0.05) is 116 Å². The number of para-hydroxylation sites is 6. The topological polar surface area (TPSA) is 68.8 Å². The van der Waals surface area contributed by atoms with E-state index in [0.717, 1.165) is 89.2 Å². The van der Waals surface area contributed by atoms with Gasteiger partial charge in [-0.2, -0.15) is 0 Å². The van der Waals surface area contributed by atoms with Crippen LogP contribution in [0.25, 0.3) is 77.2 Å². The first-order valence-electron chi connectivity index (χ1n) is 20.6. The van der Waals surface area contributed by atoms with Crippen molar-refractivity contribution in [2.45, 2.75) is 26.7 Å². The summed E-state index contributed by atoms with van der Waals surface area (Å²) in [6.07, 6.45) is 1.42. The molecule has 294 valence electrons. The van der Waals surface area contributed by atoms with Gasteiger partial charge < -0.3 is 28.8 Å². The van der Waals surface area contributed by atoms with Crippen LogP contribution in [0.2, 0.25) is 0 Å². The monoisotopic (exact) mass is 784 g/mol. The Morgan fingerprint density at radius 1 is 0.433 bits per heavy atom. The molecule has 2 N–H and O–H groups in total. The fraction of sp³-hybridized carbons (Fsp3) is 0.111. The van der Waals surface area contributed by atoms with Gasteiger partial charge in [-0.15, -0.1) is 0 Å². The largest absolute Gasteiger partial charge is 0.505 e. The molecule has 0 aliphatic rings. The highest BCUT2D eigenvalue weighted by molar-refractivity contribution is 6.10. The molecule has 0 bridgehead atoms. The highest BCUT2D eigenvalue weighted by atomic mass is 16.5. The molecule has 0 amide bonds. The molecular formula is C54H44N2O4. The maximum Gasteiger partial charge on any atom is 0.147 e. The fourth-order valence-electron chi connectivity index (χ4n) is 8.81. The molecule has 10 aromatic rings. The lowest BCUT2D eigenvalue weighted by atomic mass is 9.98. The van der Waals surface area contributed by atoms with Gasteiger partial charge in [0.15, 0.2) is 0 Å². The van der Waals surface area contributed by atoms with E-state index in [0.29, 0.717) is 36.7 Å². The van der Waals surface area contributed by atoms with Crippen molar-refractivity contribution in [2.24, 2.45) is 0 Å². The van der Waals surface area contributed by atoms with E-state index in [1.54, 1.807) is 0 Å². The van der Waals surface area contributed by atoms with Crippen molar-refractivity contribution in [3.8, 4) is 56.6 Å². The number of fused-ring (bicyclic) bond motifs is 6. The van der Waals surface area contributed by atoms with Gasteiger partial charge in [0.25, 0.3) is 0 Å². The number of rotatable bonds is 11. The van der Waals surface area contributed by atoms with Crippen molar-refractivity contribution >= 4 is 43.6 Å². The summed E-state index contributed by atoms with van der Waals surface area (Å²) in [6, 6.07) is 57.3. The lowest BCUT2D eigenvalue weighted by Crippen LogP contribution is -2.06. The van der Waals surface area contributed by atoms with Crippen LogP contribution in [-0.4, -0.2) is 32.6 Å². The fourth-order valence-corrected chi connectivity index (χ4v) is 8.81. The predicted molar refractivity (Wildman–Crippen MR) is 245 cm³/mol. The molecule has 0 aliphatic carbocycles. The highest BCUT2D eigenvalue weighted by Crippen LogP contribution is 2.45. The first-order chi connectivity index (χ1) is 29.5. The number of aromatic nitrogens is 2. The minimum Gasteiger partial charge on any atom is -0.505 e. The molecule has 0 spiro atoms. The Labute approximate surface area is 348 Å². The second-order valence-electron chi connectivity index (χ2n) is 15.3. The van der Waals surface area contributed by atoms with Crippen LogP contribution in [0.4, 0.5) is 0 Å². The number of benzene rings is 8. The molecule has 0 unspecified atom stereocenters. The van der Waals surface area contributed by atoms with Gasteiger partial charge >= 0.3 is 0 Å². The molecule has 8 aromatic carbocycles. The predicted octanol–water partition coefficient (Wildman–Crippen LogP) is 13.3. The average Bonchev–Trinajstić information content (AvgIpc) is 3.80. The van der Waals surface area contributed by atoms with Gasteiger partial charge in [-0.3, -0.25) is 0 Å². The summed E-state index contributed by atoms with van der Waals surface area (Å²) >= 11 is 0. The summed E-state index contributed by atoms with van der Waals surface area (Å²) < 4.78 is 17.2. The Morgan fingerprint density at radius 3 is 1.27 bits per heavy atom. The van der Waals surface area contributed by atoms with Crippen LogP contribution in [0, 0.1) is 6.92 Å². The maximum absolute atomic E-state index is 12.1. The van der Waals surface area contributed by atoms with Crippen LogP contribution in [0.3, 0.4) is 0 Å². The molecule has 0 saturated heterocycles. The number of aromatic hydroxyl groups is 2. The normalized spacial score (nSPS) is 11.6. The summed E-state index contributed by atoms with van der Waals surface area (Å²) in [5.74, 6) is 1.78. The zero-order valence-corrected chi connectivity index (χ0v) is 33.6. The number of phenols is 2. The van der Waals surface area contributed by atoms with Crippen LogP contribution >= 0.6 is 0 Å². The lowest BCUT2D eigenvalue weighted by Gasteiger charge is -2.18. The molecule has 0 saturated carbocycles. The zero-order valence-electron chi connectivity index (χ0n) is 33.6. The van der Waals surface area contributed by atoms with E-state index in [4.69, 9.17) is 9.47 Å². The standard InChI is InChI=1S/C54H44N2O4/c1-3-36-33-44(54(58)50(34-36)56-47-25-12-6-19-39(47)40-20-7-13-26-48(40)56)42-22-9-15-28-52(42)60-30-16-29-59-51-27-14-8-21-41(51)43-31-35(2)32-49(53(43)57)55-45-23-10-4-17-37(45)38-18-5-11-24-46(38)55/h4-15,17-28,31-34,57-58H,3,16,29-30H2,1-2H3. The van der Waals surface area contributed by atoms with E-state index in [1.807, 2.05) is 84.9 Å². The van der Waals surface area contributed by atoms with E-state index in [-0.39, 0.29) is 11.5 Å². The lowest BCUT2D eigenvalue weighted by molar-refractivity contribution is 0.248. The van der Waals surface area contributed by atoms with Crippen LogP contribution in [0.1, 0.15) is 24.5 Å². The summed E-state index contributed by atoms with van der Waals surface area (Å²) in [6.45, 7) is 5.00. The third-order valence-electron chi connectivity index (χ3n) is 11.6. The number of hydrogen-bond acceptors (Lipinski definition) is 4. The molecule has 6 heteroatoms. The minimum atomic E-state index is 0.194. The molecule has 60 heavy (non-hydrogen) atoms. The smallest absolute Gasteiger partial charge is 0.147 e. The second-order valence-corrected chi connectivity index (χ2v) is 15.3. The van der Waals surface area contributed by atoms with Crippen molar-refractivity contribution in [1.29, 1.82) is 0 Å². The van der Waals surface area contributed by atoms with E-state index >= 15 is 0 Å². The zero-order chi connectivity index (χ0) is 40.7. The molecule has 0 radical (unpaired) electrons. The third kappa shape index (κ3) is 6.29. The average molecular weight is 785 g/mol. The van der Waals surface area contributed by atoms with Gasteiger partial charge in [0.1, 0.15) is 23.0 Å². The Hall–Kier alpha value is -7.44. The minimum absolute atomic E-state index is 0.194. The molecule has 2 heterocycles. The molecule has 6 nitrogen and oxygen atoms in total. The van der Waals surface area contributed by atoms with E-state index < -0.39 is 0 Å². The summed E-state index contributed by atoms with van der Waals surface area (Å²) in [5, 5.41) is 28.7. The number of aryl methyl sites for hydroxylation is 2. The number of nitrogens with zero attached hydrogens (tertiary/aromatic N) is 2. The quantitative estimate of drug-likeness (QED) is 0.128. The van der Waals surface area contributed by atoms with E-state index in [9.17, 15) is 10.2 Å². The van der Waals surface area contributed by atoms with Crippen molar-refractivity contribution < 1.29 is 19.7 Å².